The first-order chi connectivity index (χ1) is 7.54. The maximum atomic E-state index is 12.0. The molecule has 0 N–H and O–H groups in total. The van der Waals surface area contributed by atoms with Gasteiger partial charge < -0.3 is 4.74 Å². The van der Waals surface area contributed by atoms with E-state index < -0.39 is 0 Å². The predicted molar refractivity (Wildman–Crippen MR) is 72.6 cm³/mol. The van der Waals surface area contributed by atoms with E-state index in [1.165, 1.54) is 0 Å². The average Bonchev–Trinajstić information content (AvgIpc) is 2.25. The number of carbonyl (C=O) groups excluding carboxylic acids is 1. The molecular formula is C12H15BrO2S. The highest BCUT2D eigenvalue weighted by Crippen LogP contribution is 2.25. The summed E-state index contributed by atoms with van der Waals surface area (Å²) < 4.78 is 6.07. The molecule has 0 unspecified atom stereocenters. The van der Waals surface area contributed by atoms with Crippen molar-refractivity contribution in [3.8, 4) is 5.75 Å². The first-order valence-electron chi connectivity index (χ1n) is 5.03. The van der Waals surface area contributed by atoms with E-state index in [2.05, 4.69) is 29.8 Å². The third-order valence-corrected chi connectivity index (χ3v) is 3.60. The second-order valence-electron chi connectivity index (χ2n) is 3.63. The van der Waals surface area contributed by atoms with Crippen LogP contribution in [0.15, 0.2) is 22.7 Å². The maximum Gasteiger partial charge on any atom is 0.176 e. The van der Waals surface area contributed by atoms with E-state index >= 15 is 0 Å². The van der Waals surface area contributed by atoms with Gasteiger partial charge in [0, 0.05) is 4.47 Å². The number of rotatable bonds is 5. The average molecular weight is 303 g/mol. The molecule has 2 nitrogen and oxygen atoms in total. The molecule has 0 amide bonds. The third kappa shape index (κ3) is 3.83. The van der Waals surface area contributed by atoms with E-state index in [-0.39, 0.29) is 5.78 Å². The Morgan fingerprint density at radius 1 is 1.50 bits per heavy atom. The monoisotopic (exact) mass is 302 g/mol. The quantitative estimate of drug-likeness (QED) is 0.774. The number of hydrogen-bond acceptors (Lipinski definition) is 3. The summed E-state index contributed by atoms with van der Waals surface area (Å²) in [5.74, 6) is 1.24. The van der Waals surface area contributed by atoms with E-state index in [0.29, 0.717) is 22.3 Å². The summed E-state index contributed by atoms with van der Waals surface area (Å²) in [7, 11) is 1.58. The van der Waals surface area contributed by atoms with Crippen molar-refractivity contribution in [1.29, 1.82) is 0 Å². The van der Waals surface area contributed by atoms with Crippen molar-refractivity contribution in [2.45, 2.75) is 19.1 Å². The number of ketones is 1. The lowest BCUT2D eigenvalue weighted by molar-refractivity contribution is 0.101. The summed E-state index contributed by atoms with van der Waals surface area (Å²) in [6.45, 7) is 4.16. The molecule has 0 atom stereocenters. The van der Waals surface area contributed by atoms with Crippen LogP contribution in [-0.2, 0) is 0 Å². The van der Waals surface area contributed by atoms with E-state index in [9.17, 15) is 4.79 Å². The molecule has 0 bridgehead atoms. The molecule has 0 aliphatic heterocycles. The van der Waals surface area contributed by atoms with Gasteiger partial charge in [-0.05, 0) is 23.4 Å². The molecule has 0 fully saturated rings. The van der Waals surface area contributed by atoms with Crippen LogP contribution in [0.5, 0.6) is 5.75 Å². The Labute approximate surface area is 109 Å². The Kier molecular flexibility index (Phi) is 5.35. The molecule has 1 rings (SSSR count). The van der Waals surface area contributed by atoms with Crippen LogP contribution in [0.3, 0.4) is 0 Å². The molecule has 88 valence electrons. The molecule has 0 radical (unpaired) electrons. The van der Waals surface area contributed by atoms with Crippen molar-refractivity contribution >= 4 is 33.5 Å². The lowest BCUT2D eigenvalue weighted by atomic mass is 10.1. The Morgan fingerprint density at radius 2 is 2.19 bits per heavy atom. The Hall–Kier alpha value is -0.480. The number of halogens is 1. The second-order valence-corrected chi connectivity index (χ2v) is 6.11. The van der Waals surface area contributed by atoms with Crippen LogP contribution in [0.4, 0.5) is 0 Å². The Bertz CT molecular complexity index is 377. The van der Waals surface area contributed by atoms with Crippen molar-refractivity contribution < 1.29 is 9.53 Å². The fraction of sp³-hybridized carbons (Fsp3) is 0.417. The zero-order valence-electron chi connectivity index (χ0n) is 9.62. The van der Waals surface area contributed by atoms with Gasteiger partial charge in [-0.3, -0.25) is 4.79 Å². The largest absolute Gasteiger partial charge is 0.496 e. The number of methoxy groups -OCH3 is 1. The fourth-order valence-corrected chi connectivity index (χ4v) is 2.22. The molecule has 0 heterocycles. The minimum Gasteiger partial charge on any atom is -0.496 e. The number of hydrogen-bond donors (Lipinski definition) is 0. The maximum absolute atomic E-state index is 12.0. The second kappa shape index (κ2) is 6.30. The van der Waals surface area contributed by atoms with E-state index in [4.69, 9.17) is 4.74 Å². The number of thioether (sulfide) groups is 1. The van der Waals surface area contributed by atoms with Crippen LogP contribution in [0, 0.1) is 0 Å². The highest BCUT2D eigenvalue weighted by atomic mass is 79.9. The molecule has 0 aromatic heterocycles. The molecule has 0 aliphatic carbocycles. The Morgan fingerprint density at radius 3 is 2.75 bits per heavy atom. The first kappa shape index (κ1) is 13.6. The minimum absolute atomic E-state index is 0.108. The highest BCUT2D eigenvalue weighted by Gasteiger charge is 2.13. The van der Waals surface area contributed by atoms with Crippen LogP contribution in [0.25, 0.3) is 0 Å². The van der Waals surface area contributed by atoms with Gasteiger partial charge in [-0.1, -0.05) is 29.8 Å². The molecular weight excluding hydrogens is 288 g/mol. The summed E-state index contributed by atoms with van der Waals surface area (Å²) in [5, 5.41) is 0.460. The van der Waals surface area contributed by atoms with Crippen molar-refractivity contribution in [3.05, 3.63) is 28.2 Å². The third-order valence-electron chi connectivity index (χ3n) is 2.01. The van der Waals surface area contributed by atoms with Gasteiger partial charge in [0.25, 0.3) is 0 Å². The number of Topliss-reactive ketones (excluding diaryl/α,β-unsaturated/α-hetero) is 1. The van der Waals surface area contributed by atoms with Crippen molar-refractivity contribution in [1.82, 2.24) is 0 Å². The molecule has 16 heavy (non-hydrogen) atoms. The van der Waals surface area contributed by atoms with Crippen LogP contribution in [0.1, 0.15) is 24.2 Å². The normalized spacial score (nSPS) is 10.6. The van der Waals surface area contributed by atoms with Crippen LogP contribution in [0.2, 0.25) is 0 Å². The molecule has 0 saturated carbocycles. The lowest BCUT2D eigenvalue weighted by Gasteiger charge is -2.09. The van der Waals surface area contributed by atoms with Crippen LogP contribution in [-0.4, -0.2) is 23.9 Å². The minimum atomic E-state index is 0.108. The van der Waals surface area contributed by atoms with Crippen molar-refractivity contribution in [3.63, 3.8) is 0 Å². The number of carbonyl (C=O) groups is 1. The van der Waals surface area contributed by atoms with Gasteiger partial charge in [-0.15, -0.1) is 0 Å². The predicted octanol–water partition coefficient (Wildman–Crippen LogP) is 3.78. The number of ether oxygens (including phenoxy) is 1. The van der Waals surface area contributed by atoms with Gasteiger partial charge >= 0.3 is 0 Å². The SMILES string of the molecule is COc1ccc(Br)cc1C(=O)CSC(C)C. The van der Waals surface area contributed by atoms with Gasteiger partial charge in [0.05, 0.1) is 18.4 Å². The summed E-state index contributed by atoms with van der Waals surface area (Å²) >= 11 is 5.00. The van der Waals surface area contributed by atoms with Gasteiger partial charge in [0.15, 0.2) is 5.78 Å². The molecule has 0 spiro atoms. The summed E-state index contributed by atoms with van der Waals surface area (Å²) in [6.07, 6.45) is 0. The zero-order chi connectivity index (χ0) is 12.1. The van der Waals surface area contributed by atoms with Crippen molar-refractivity contribution in [2.75, 3.05) is 12.9 Å². The highest BCUT2D eigenvalue weighted by molar-refractivity contribution is 9.10. The molecule has 4 heteroatoms. The van der Waals surface area contributed by atoms with Crippen LogP contribution >= 0.6 is 27.7 Å². The fourth-order valence-electron chi connectivity index (χ4n) is 1.22. The first-order valence-corrected chi connectivity index (χ1v) is 6.87. The van der Waals surface area contributed by atoms with E-state index in [1.54, 1.807) is 24.9 Å². The standard InChI is InChI=1S/C12H15BrO2S/c1-8(2)16-7-11(14)10-6-9(13)4-5-12(10)15-3/h4-6,8H,7H2,1-3H3. The van der Waals surface area contributed by atoms with Crippen molar-refractivity contribution in [2.24, 2.45) is 0 Å². The molecule has 0 saturated heterocycles. The summed E-state index contributed by atoms with van der Waals surface area (Å²) in [5.41, 5.74) is 0.644. The van der Waals surface area contributed by atoms with Gasteiger partial charge in [-0.25, -0.2) is 0 Å². The van der Waals surface area contributed by atoms with Gasteiger partial charge in [0.2, 0.25) is 0 Å². The summed E-state index contributed by atoms with van der Waals surface area (Å²) in [6, 6.07) is 5.48. The molecule has 0 aliphatic rings. The van der Waals surface area contributed by atoms with Gasteiger partial charge in [0.1, 0.15) is 5.75 Å². The topological polar surface area (TPSA) is 26.3 Å². The molecule has 1 aromatic carbocycles. The number of benzene rings is 1. The smallest absolute Gasteiger partial charge is 0.176 e. The van der Waals surface area contributed by atoms with Gasteiger partial charge in [-0.2, -0.15) is 11.8 Å². The Balaban J connectivity index is 2.84. The van der Waals surface area contributed by atoms with Crippen LogP contribution < -0.4 is 4.74 Å². The molecule has 1 aromatic rings. The van der Waals surface area contributed by atoms with E-state index in [0.717, 1.165) is 4.47 Å². The van der Waals surface area contributed by atoms with E-state index in [1.807, 2.05) is 12.1 Å². The zero-order valence-corrected chi connectivity index (χ0v) is 12.0. The lowest BCUT2D eigenvalue weighted by Crippen LogP contribution is -2.07. The summed E-state index contributed by atoms with van der Waals surface area (Å²) in [4.78, 5) is 12.0.